The standard InChI is InChI=1S/C15H15Cl2N3O2/c1-8-18-13-2-3-20(7-11(13)15(22)19-8)6-9-4-10(16)5-12(17)14(9)21/h4-5,21H,2-3,6-7H2,1H3,(H,18,19,22). The van der Waals surface area contributed by atoms with Crippen LogP contribution in [0, 0.1) is 6.92 Å². The van der Waals surface area contributed by atoms with Crippen LogP contribution in [0.25, 0.3) is 0 Å². The SMILES string of the molecule is Cc1nc2c(c(=O)[nH]1)CN(Cc1cc(Cl)cc(Cl)c1O)CC2. The molecular formula is C15H15Cl2N3O2. The molecule has 116 valence electrons. The fraction of sp³-hybridized carbons (Fsp3) is 0.333. The summed E-state index contributed by atoms with van der Waals surface area (Å²) in [6, 6.07) is 3.20. The Morgan fingerprint density at radius 1 is 1.41 bits per heavy atom. The highest BCUT2D eigenvalue weighted by atomic mass is 35.5. The number of hydrogen-bond acceptors (Lipinski definition) is 4. The lowest BCUT2D eigenvalue weighted by atomic mass is 10.1. The van der Waals surface area contributed by atoms with Gasteiger partial charge in [0.05, 0.1) is 16.3 Å². The Morgan fingerprint density at radius 2 is 2.18 bits per heavy atom. The largest absolute Gasteiger partial charge is 0.506 e. The molecule has 22 heavy (non-hydrogen) atoms. The van der Waals surface area contributed by atoms with Crippen LogP contribution in [0.5, 0.6) is 5.75 Å². The molecular weight excluding hydrogens is 325 g/mol. The van der Waals surface area contributed by atoms with Crippen LogP contribution in [-0.2, 0) is 19.5 Å². The number of phenolic OH excluding ortho intramolecular Hbond substituents is 1. The summed E-state index contributed by atoms with van der Waals surface area (Å²) in [5, 5.41) is 10.8. The minimum atomic E-state index is -0.0967. The number of aryl methyl sites for hydroxylation is 1. The van der Waals surface area contributed by atoms with Gasteiger partial charge >= 0.3 is 0 Å². The molecule has 3 rings (SSSR count). The van der Waals surface area contributed by atoms with Crippen molar-refractivity contribution < 1.29 is 5.11 Å². The molecule has 0 radical (unpaired) electrons. The number of benzene rings is 1. The number of hydrogen-bond donors (Lipinski definition) is 2. The zero-order valence-electron chi connectivity index (χ0n) is 12.0. The summed E-state index contributed by atoms with van der Waals surface area (Å²) in [7, 11) is 0. The van der Waals surface area contributed by atoms with Crippen LogP contribution < -0.4 is 5.56 Å². The van der Waals surface area contributed by atoms with Crippen molar-refractivity contribution in [2.24, 2.45) is 0 Å². The summed E-state index contributed by atoms with van der Waals surface area (Å²) in [6.07, 6.45) is 0.704. The van der Waals surface area contributed by atoms with E-state index in [1.54, 1.807) is 13.0 Å². The van der Waals surface area contributed by atoms with E-state index >= 15 is 0 Å². The van der Waals surface area contributed by atoms with Crippen molar-refractivity contribution >= 4 is 23.2 Å². The summed E-state index contributed by atoms with van der Waals surface area (Å²) in [5.74, 6) is 0.671. The van der Waals surface area contributed by atoms with E-state index in [0.717, 1.165) is 12.2 Å². The molecule has 0 fully saturated rings. The van der Waals surface area contributed by atoms with Crippen LogP contribution >= 0.6 is 23.2 Å². The molecule has 0 unspecified atom stereocenters. The van der Waals surface area contributed by atoms with Gasteiger partial charge in [-0.05, 0) is 19.1 Å². The van der Waals surface area contributed by atoms with Gasteiger partial charge in [0.2, 0.25) is 0 Å². The van der Waals surface area contributed by atoms with Crippen molar-refractivity contribution in [2.75, 3.05) is 6.54 Å². The molecule has 0 saturated heterocycles. The number of nitrogens with zero attached hydrogens (tertiary/aromatic N) is 2. The Hall–Kier alpha value is -1.56. The molecule has 1 aromatic carbocycles. The summed E-state index contributed by atoms with van der Waals surface area (Å²) in [5.41, 5.74) is 2.09. The highest BCUT2D eigenvalue weighted by Crippen LogP contribution is 2.32. The van der Waals surface area contributed by atoms with Gasteiger partial charge in [-0.1, -0.05) is 23.2 Å². The predicted octanol–water partition coefficient (Wildman–Crippen LogP) is 2.65. The Balaban J connectivity index is 1.86. The fourth-order valence-electron chi connectivity index (χ4n) is 2.72. The summed E-state index contributed by atoms with van der Waals surface area (Å²) in [4.78, 5) is 21.2. The molecule has 5 nitrogen and oxygen atoms in total. The number of aromatic nitrogens is 2. The van der Waals surface area contributed by atoms with Crippen molar-refractivity contribution in [1.29, 1.82) is 0 Å². The van der Waals surface area contributed by atoms with Crippen molar-refractivity contribution in [3.8, 4) is 5.75 Å². The topological polar surface area (TPSA) is 69.2 Å². The normalized spacial score (nSPS) is 14.9. The molecule has 1 aliphatic rings. The van der Waals surface area contributed by atoms with Gasteiger partial charge in [0, 0.05) is 36.6 Å². The number of halogens is 2. The molecule has 1 aliphatic heterocycles. The molecule has 0 bridgehead atoms. The van der Waals surface area contributed by atoms with Gasteiger partial charge in [-0.25, -0.2) is 4.98 Å². The molecule has 2 heterocycles. The number of aromatic hydroxyl groups is 1. The smallest absolute Gasteiger partial charge is 0.255 e. The lowest BCUT2D eigenvalue weighted by Gasteiger charge is -2.28. The quantitative estimate of drug-likeness (QED) is 0.882. The van der Waals surface area contributed by atoms with E-state index in [9.17, 15) is 9.90 Å². The minimum absolute atomic E-state index is 0.0350. The van der Waals surface area contributed by atoms with Crippen LogP contribution in [0.15, 0.2) is 16.9 Å². The number of H-pyrrole nitrogens is 1. The van der Waals surface area contributed by atoms with Crippen molar-refractivity contribution in [3.05, 3.63) is 55.2 Å². The molecule has 7 heteroatoms. The van der Waals surface area contributed by atoms with E-state index in [0.29, 0.717) is 41.5 Å². The van der Waals surface area contributed by atoms with Crippen LogP contribution in [0.1, 0.15) is 22.6 Å². The number of rotatable bonds is 2. The zero-order valence-corrected chi connectivity index (χ0v) is 13.5. The van der Waals surface area contributed by atoms with Gasteiger partial charge in [0.15, 0.2) is 0 Å². The lowest BCUT2D eigenvalue weighted by molar-refractivity contribution is 0.238. The van der Waals surface area contributed by atoms with Gasteiger partial charge in [0.1, 0.15) is 11.6 Å². The molecule has 0 saturated carbocycles. The molecule has 1 aromatic heterocycles. The molecule has 0 spiro atoms. The maximum atomic E-state index is 12.0. The van der Waals surface area contributed by atoms with Gasteiger partial charge in [-0.3, -0.25) is 9.69 Å². The van der Waals surface area contributed by atoms with E-state index in [-0.39, 0.29) is 16.3 Å². The summed E-state index contributed by atoms with van der Waals surface area (Å²) in [6.45, 7) is 3.49. The maximum absolute atomic E-state index is 12.0. The minimum Gasteiger partial charge on any atom is -0.506 e. The first-order valence-corrected chi connectivity index (χ1v) is 7.67. The van der Waals surface area contributed by atoms with E-state index in [1.165, 1.54) is 6.07 Å². The Labute approximate surface area is 137 Å². The Bertz CT molecular complexity index is 789. The van der Waals surface area contributed by atoms with Crippen molar-refractivity contribution in [3.63, 3.8) is 0 Å². The van der Waals surface area contributed by atoms with Crippen molar-refractivity contribution in [2.45, 2.75) is 26.4 Å². The maximum Gasteiger partial charge on any atom is 0.255 e. The van der Waals surface area contributed by atoms with Gasteiger partial charge in [-0.15, -0.1) is 0 Å². The monoisotopic (exact) mass is 339 g/mol. The molecule has 2 N–H and O–H groups in total. The van der Waals surface area contributed by atoms with Crippen LogP contribution in [0.3, 0.4) is 0 Å². The number of aromatic amines is 1. The fourth-order valence-corrected chi connectivity index (χ4v) is 3.26. The van der Waals surface area contributed by atoms with Gasteiger partial charge in [-0.2, -0.15) is 0 Å². The van der Waals surface area contributed by atoms with E-state index in [2.05, 4.69) is 14.9 Å². The summed E-state index contributed by atoms with van der Waals surface area (Å²) >= 11 is 11.9. The number of nitrogens with one attached hydrogen (secondary N) is 1. The van der Waals surface area contributed by atoms with E-state index in [1.807, 2.05) is 0 Å². The van der Waals surface area contributed by atoms with Crippen molar-refractivity contribution in [1.82, 2.24) is 14.9 Å². The molecule has 0 amide bonds. The van der Waals surface area contributed by atoms with Crippen LogP contribution in [0.2, 0.25) is 10.0 Å². The third kappa shape index (κ3) is 2.97. The Morgan fingerprint density at radius 3 is 2.95 bits per heavy atom. The first kappa shape index (κ1) is 15.3. The average molecular weight is 340 g/mol. The number of phenols is 1. The predicted molar refractivity (Wildman–Crippen MR) is 85.5 cm³/mol. The average Bonchev–Trinajstić information content (AvgIpc) is 2.45. The first-order valence-electron chi connectivity index (χ1n) is 6.92. The lowest BCUT2D eigenvalue weighted by Crippen LogP contribution is -2.35. The third-order valence-corrected chi connectivity index (χ3v) is 4.27. The Kier molecular flexibility index (Phi) is 4.12. The van der Waals surface area contributed by atoms with Gasteiger partial charge < -0.3 is 10.1 Å². The highest BCUT2D eigenvalue weighted by Gasteiger charge is 2.22. The van der Waals surface area contributed by atoms with Crippen LogP contribution in [0.4, 0.5) is 0 Å². The second-order valence-electron chi connectivity index (χ2n) is 5.43. The summed E-state index contributed by atoms with van der Waals surface area (Å²) < 4.78 is 0. The third-order valence-electron chi connectivity index (χ3n) is 3.77. The second kappa shape index (κ2) is 5.91. The zero-order chi connectivity index (χ0) is 15.9. The van der Waals surface area contributed by atoms with Gasteiger partial charge in [0.25, 0.3) is 5.56 Å². The van der Waals surface area contributed by atoms with Crippen LogP contribution in [-0.4, -0.2) is 26.5 Å². The number of fused-ring (bicyclic) bond motifs is 1. The first-order chi connectivity index (χ1) is 10.4. The second-order valence-corrected chi connectivity index (χ2v) is 6.28. The van der Waals surface area contributed by atoms with E-state index in [4.69, 9.17) is 23.2 Å². The molecule has 0 atom stereocenters. The molecule has 2 aromatic rings. The van der Waals surface area contributed by atoms with E-state index < -0.39 is 0 Å². The highest BCUT2D eigenvalue weighted by molar-refractivity contribution is 6.35. The molecule has 0 aliphatic carbocycles.